The third kappa shape index (κ3) is 3.25. The molecule has 31 heavy (non-hydrogen) atoms. The molecule has 7 heteroatoms. The number of hydrogen-bond donors (Lipinski definition) is 0. The molecular weight excluding hydrogens is 413 g/mol. The van der Waals surface area contributed by atoms with E-state index in [9.17, 15) is 14.0 Å². The van der Waals surface area contributed by atoms with E-state index in [-0.39, 0.29) is 17.6 Å². The second kappa shape index (κ2) is 7.42. The lowest BCUT2D eigenvalue weighted by Gasteiger charge is -2.12. The van der Waals surface area contributed by atoms with Gasteiger partial charge in [-0.05, 0) is 35.4 Å². The summed E-state index contributed by atoms with van der Waals surface area (Å²) < 4.78 is 16.9. The molecule has 0 unspecified atom stereocenters. The van der Waals surface area contributed by atoms with Crippen LogP contribution in [0.3, 0.4) is 0 Å². The van der Waals surface area contributed by atoms with Crippen molar-refractivity contribution in [2.45, 2.75) is 11.6 Å². The van der Waals surface area contributed by atoms with Gasteiger partial charge in [0.25, 0.3) is 0 Å². The summed E-state index contributed by atoms with van der Waals surface area (Å²) in [6.07, 6.45) is 3.58. The van der Waals surface area contributed by atoms with Crippen LogP contribution in [0.15, 0.2) is 60.9 Å². The average molecular weight is 434 g/mol. The van der Waals surface area contributed by atoms with E-state index >= 15 is 0 Å². The molecular formula is C24H20FN3O2S. The molecule has 1 aliphatic rings. The number of halogens is 1. The fourth-order valence-corrected chi connectivity index (χ4v) is 5.03. The lowest BCUT2D eigenvalue weighted by molar-refractivity contribution is 0.103. The van der Waals surface area contributed by atoms with Crippen molar-refractivity contribution in [2.75, 3.05) is 14.1 Å². The van der Waals surface area contributed by atoms with Crippen molar-refractivity contribution in [3.8, 4) is 11.1 Å². The quantitative estimate of drug-likeness (QED) is 0.417. The topological polar surface area (TPSA) is 47.2 Å². The highest BCUT2D eigenvalue weighted by Gasteiger charge is 2.25. The van der Waals surface area contributed by atoms with E-state index in [1.807, 2.05) is 30.5 Å². The van der Waals surface area contributed by atoms with Crippen LogP contribution in [-0.2, 0) is 11.6 Å². The van der Waals surface area contributed by atoms with Crippen LogP contribution in [-0.4, -0.2) is 39.9 Å². The van der Waals surface area contributed by atoms with Crippen LogP contribution in [0.5, 0.6) is 0 Å². The minimum absolute atomic E-state index is 0.0823. The third-order valence-electron chi connectivity index (χ3n) is 5.61. The van der Waals surface area contributed by atoms with Gasteiger partial charge in [0.2, 0.25) is 0 Å². The molecule has 5 nitrogen and oxygen atoms in total. The number of amides is 1. The van der Waals surface area contributed by atoms with E-state index in [1.54, 1.807) is 44.2 Å². The van der Waals surface area contributed by atoms with Gasteiger partial charge in [-0.25, -0.2) is 9.18 Å². The lowest BCUT2D eigenvalue weighted by Crippen LogP contribution is -2.26. The van der Waals surface area contributed by atoms with Gasteiger partial charge in [-0.1, -0.05) is 24.3 Å². The minimum atomic E-state index is -0.304. The molecule has 0 saturated heterocycles. The fourth-order valence-electron chi connectivity index (χ4n) is 3.98. The number of hydrogen-bond acceptors (Lipinski definition) is 3. The summed E-state index contributed by atoms with van der Waals surface area (Å²) in [4.78, 5) is 27.8. The van der Waals surface area contributed by atoms with Gasteiger partial charge in [0, 0.05) is 54.4 Å². The van der Waals surface area contributed by atoms with E-state index in [0.29, 0.717) is 16.6 Å². The maximum absolute atomic E-state index is 13.5. The van der Waals surface area contributed by atoms with Gasteiger partial charge in [-0.15, -0.1) is 11.8 Å². The largest absolute Gasteiger partial charge is 0.340 e. The number of carbonyl (C=O) groups is 2. The van der Waals surface area contributed by atoms with Crippen molar-refractivity contribution in [3.05, 3.63) is 83.6 Å². The first-order chi connectivity index (χ1) is 14.9. The molecule has 0 N–H and O–H groups in total. The van der Waals surface area contributed by atoms with Gasteiger partial charge in [-0.2, -0.15) is 0 Å². The Labute approximate surface area is 183 Å². The minimum Gasteiger partial charge on any atom is -0.340 e. The Morgan fingerprint density at radius 3 is 2.48 bits per heavy atom. The molecule has 0 bridgehead atoms. The highest BCUT2D eigenvalue weighted by Crippen LogP contribution is 2.33. The molecule has 0 aliphatic carbocycles. The Morgan fingerprint density at radius 2 is 1.74 bits per heavy atom. The Morgan fingerprint density at radius 1 is 1.00 bits per heavy atom. The molecule has 0 radical (unpaired) electrons. The molecule has 4 aromatic rings. The summed E-state index contributed by atoms with van der Waals surface area (Å²) in [6, 6.07) is 13.5. The lowest BCUT2D eigenvalue weighted by atomic mass is 10.00. The van der Waals surface area contributed by atoms with E-state index in [4.69, 9.17) is 0 Å². The maximum atomic E-state index is 13.5. The fraction of sp³-hybridized carbons (Fsp3) is 0.167. The molecule has 1 amide bonds. The third-order valence-corrected chi connectivity index (χ3v) is 6.55. The second-order valence-corrected chi connectivity index (χ2v) is 8.74. The number of fused-ring (bicyclic) bond motifs is 2. The van der Waals surface area contributed by atoms with Crippen molar-refractivity contribution in [2.24, 2.45) is 0 Å². The molecule has 2 aromatic heterocycles. The van der Waals surface area contributed by atoms with Gasteiger partial charge in [0.05, 0.1) is 11.4 Å². The summed E-state index contributed by atoms with van der Waals surface area (Å²) in [5.41, 5.74) is 4.54. The van der Waals surface area contributed by atoms with Crippen LogP contribution in [0.1, 0.15) is 21.6 Å². The normalized spacial score (nSPS) is 12.9. The number of rotatable bonds is 3. The number of ketones is 1. The van der Waals surface area contributed by atoms with Crippen LogP contribution in [0.4, 0.5) is 9.18 Å². The standard InChI is InChI=1S/C24H20FN3O2S/c1-26(2)24(30)28-12-20(23(29)19-9-10-27-14-31-13-22(19)27)18-8-5-16(11-21(18)28)15-3-6-17(25)7-4-15/h3-12H,13-14H2,1-2H3. The van der Waals surface area contributed by atoms with Crippen molar-refractivity contribution in [1.82, 2.24) is 14.0 Å². The van der Waals surface area contributed by atoms with Gasteiger partial charge >= 0.3 is 6.03 Å². The average Bonchev–Trinajstić information content (AvgIpc) is 3.47. The second-order valence-electron chi connectivity index (χ2n) is 7.78. The Bertz CT molecular complexity index is 1340. The monoisotopic (exact) mass is 433 g/mol. The Balaban J connectivity index is 1.67. The Kier molecular flexibility index (Phi) is 4.70. The summed E-state index contributed by atoms with van der Waals surface area (Å²) in [5, 5.41) is 0.719. The molecule has 5 rings (SSSR count). The van der Waals surface area contributed by atoms with Crippen LogP contribution in [0.25, 0.3) is 22.0 Å². The van der Waals surface area contributed by atoms with Crippen LogP contribution in [0, 0.1) is 5.82 Å². The van der Waals surface area contributed by atoms with Crippen molar-refractivity contribution >= 4 is 34.5 Å². The molecule has 0 fully saturated rings. The van der Waals surface area contributed by atoms with E-state index in [2.05, 4.69) is 4.57 Å². The highest BCUT2D eigenvalue weighted by molar-refractivity contribution is 7.97. The van der Waals surface area contributed by atoms with Crippen LogP contribution >= 0.6 is 11.8 Å². The van der Waals surface area contributed by atoms with Gasteiger partial charge in [-0.3, -0.25) is 9.36 Å². The molecule has 156 valence electrons. The van der Waals surface area contributed by atoms with Crippen molar-refractivity contribution < 1.29 is 14.0 Å². The molecule has 3 heterocycles. The first-order valence-electron chi connectivity index (χ1n) is 9.87. The first kappa shape index (κ1) is 19.6. The van der Waals surface area contributed by atoms with Gasteiger partial charge < -0.3 is 9.47 Å². The smallest absolute Gasteiger partial charge is 0.328 e. The summed E-state index contributed by atoms with van der Waals surface area (Å²) in [5.74, 6) is 1.27. The highest BCUT2D eigenvalue weighted by atomic mass is 32.2. The predicted molar refractivity (Wildman–Crippen MR) is 121 cm³/mol. The van der Waals surface area contributed by atoms with Crippen LogP contribution < -0.4 is 0 Å². The van der Waals surface area contributed by atoms with Crippen molar-refractivity contribution in [3.63, 3.8) is 0 Å². The van der Waals surface area contributed by atoms with Gasteiger partial charge in [0.1, 0.15) is 5.82 Å². The Hall–Kier alpha value is -3.32. The summed E-state index contributed by atoms with van der Waals surface area (Å²) >= 11 is 1.77. The molecule has 2 aromatic carbocycles. The van der Waals surface area contributed by atoms with E-state index in [1.165, 1.54) is 21.6 Å². The number of thioether (sulfide) groups is 1. The zero-order valence-electron chi connectivity index (χ0n) is 17.1. The molecule has 1 aliphatic heterocycles. The number of nitrogens with zero attached hydrogens (tertiary/aromatic N) is 3. The number of carbonyl (C=O) groups excluding carboxylic acids is 2. The maximum Gasteiger partial charge on any atom is 0.328 e. The molecule has 0 saturated carbocycles. The van der Waals surface area contributed by atoms with Crippen molar-refractivity contribution in [1.29, 1.82) is 0 Å². The summed E-state index contributed by atoms with van der Waals surface area (Å²) in [6.45, 7) is 0. The SMILES string of the molecule is CN(C)C(=O)n1cc(C(=O)c2ccn3c2CSC3)c2ccc(-c3ccc(F)cc3)cc21. The zero-order chi connectivity index (χ0) is 21.7. The number of aromatic nitrogens is 2. The van der Waals surface area contributed by atoms with Gasteiger partial charge in [0.15, 0.2) is 5.78 Å². The van der Waals surface area contributed by atoms with E-state index < -0.39 is 0 Å². The predicted octanol–water partition coefficient (Wildman–Crippen LogP) is 5.21. The van der Waals surface area contributed by atoms with Crippen LogP contribution in [0.2, 0.25) is 0 Å². The summed E-state index contributed by atoms with van der Waals surface area (Å²) in [7, 11) is 3.36. The number of benzene rings is 2. The zero-order valence-corrected chi connectivity index (χ0v) is 17.9. The molecule has 0 spiro atoms. The molecule has 0 atom stereocenters. The van der Waals surface area contributed by atoms with E-state index in [0.717, 1.165) is 33.8 Å². The first-order valence-corrected chi connectivity index (χ1v) is 11.0.